The highest BCUT2D eigenvalue weighted by atomic mass is 16.6. The van der Waals surface area contributed by atoms with E-state index < -0.39 is 17.0 Å². The molecule has 1 heterocycles. The smallest absolute Gasteiger partial charge is 0.318 e. The average molecular weight is 512 g/mol. The van der Waals surface area contributed by atoms with E-state index in [0.29, 0.717) is 25.1 Å². The Labute approximate surface area is 217 Å². The van der Waals surface area contributed by atoms with Gasteiger partial charge in [0.2, 0.25) is 5.91 Å². The third-order valence-corrected chi connectivity index (χ3v) is 6.55. The van der Waals surface area contributed by atoms with E-state index in [9.17, 15) is 24.8 Å². The summed E-state index contributed by atoms with van der Waals surface area (Å²) in [6, 6.07) is 14.4. The lowest BCUT2D eigenvalue weighted by Gasteiger charge is -2.28. The first-order chi connectivity index (χ1) is 18.0. The summed E-state index contributed by atoms with van der Waals surface area (Å²) < 4.78 is 0. The predicted octanol–water partition coefficient (Wildman–Crippen LogP) is 2.35. The molecule has 10 heteroatoms. The van der Waals surface area contributed by atoms with Gasteiger partial charge in [0.25, 0.3) is 5.69 Å². The van der Waals surface area contributed by atoms with E-state index in [1.807, 2.05) is 30.3 Å². The summed E-state index contributed by atoms with van der Waals surface area (Å²) in [5.41, 5.74) is 1.72. The van der Waals surface area contributed by atoms with Crippen LogP contribution in [-0.2, 0) is 17.6 Å². The van der Waals surface area contributed by atoms with E-state index in [4.69, 9.17) is 0 Å². The molecular weight excluding hydrogens is 474 g/mol. The number of urea groups is 1. The van der Waals surface area contributed by atoms with Crippen molar-refractivity contribution in [3.05, 3.63) is 75.8 Å². The molecule has 3 amide bonds. The molecule has 2 aromatic carbocycles. The number of nitro groups is 1. The molecule has 37 heavy (non-hydrogen) atoms. The van der Waals surface area contributed by atoms with Gasteiger partial charge >= 0.3 is 6.03 Å². The number of nitrogens with zero attached hydrogens (tertiary/aromatic N) is 3. The molecule has 0 spiro atoms. The summed E-state index contributed by atoms with van der Waals surface area (Å²) in [6.45, 7) is 3.60. The Morgan fingerprint density at radius 2 is 1.70 bits per heavy atom. The minimum Gasteiger partial charge on any atom is -0.395 e. The van der Waals surface area contributed by atoms with Gasteiger partial charge in [-0.15, -0.1) is 0 Å². The maximum absolute atomic E-state index is 13.2. The number of aliphatic hydroxyl groups excluding tert-OH is 1. The van der Waals surface area contributed by atoms with E-state index in [2.05, 4.69) is 15.5 Å². The average Bonchev–Trinajstić information content (AvgIpc) is 2.92. The number of rotatable bonds is 13. The third-order valence-electron chi connectivity index (χ3n) is 6.55. The first-order valence-electron chi connectivity index (χ1n) is 12.9. The highest BCUT2D eigenvalue weighted by molar-refractivity contribution is 5.87. The van der Waals surface area contributed by atoms with Crippen molar-refractivity contribution >= 4 is 17.6 Å². The molecule has 3 N–H and O–H groups in total. The summed E-state index contributed by atoms with van der Waals surface area (Å²) in [6.07, 6.45) is 4.36. The minimum atomic E-state index is -0.867. The minimum absolute atomic E-state index is 0.0367. The van der Waals surface area contributed by atoms with Crippen molar-refractivity contribution < 1.29 is 19.6 Å². The number of non-ortho nitro benzene ring substituents is 1. The van der Waals surface area contributed by atoms with Crippen molar-refractivity contribution in [2.75, 3.05) is 45.9 Å². The second-order valence-corrected chi connectivity index (χ2v) is 9.27. The summed E-state index contributed by atoms with van der Waals surface area (Å²) in [4.78, 5) is 40.6. The van der Waals surface area contributed by atoms with Gasteiger partial charge in [-0.2, -0.15) is 0 Å². The summed E-state index contributed by atoms with van der Waals surface area (Å²) in [5, 5.41) is 26.3. The molecule has 0 radical (unpaired) electrons. The third kappa shape index (κ3) is 9.47. The maximum Gasteiger partial charge on any atom is 0.318 e. The van der Waals surface area contributed by atoms with Crippen molar-refractivity contribution in [3.63, 3.8) is 0 Å². The molecule has 1 atom stereocenters. The fourth-order valence-corrected chi connectivity index (χ4v) is 4.43. The van der Waals surface area contributed by atoms with Crippen LogP contribution in [0.15, 0.2) is 54.6 Å². The fraction of sp³-hybridized carbons (Fsp3) is 0.481. The highest BCUT2D eigenvalue weighted by Gasteiger charge is 2.24. The molecule has 3 rings (SSSR count). The first kappa shape index (κ1) is 28.1. The number of likely N-dealkylation sites (tertiary alicyclic amines) is 1. The number of aliphatic hydroxyl groups is 1. The lowest BCUT2D eigenvalue weighted by atomic mass is 10.0. The molecule has 0 aliphatic carbocycles. The monoisotopic (exact) mass is 511 g/mol. The Bertz CT molecular complexity index is 996. The van der Waals surface area contributed by atoms with Crippen LogP contribution in [0.2, 0.25) is 0 Å². The number of benzene rings is 2. The quantitative estimate of drug-likeness (QED) is 0.280. The van der Waals surface area contributed by atoms with Crippen molar-refractivity contribution in [1.29, 1.82) is 0 Å². The second kappa shape index (κ2) is 14.9. The Morgan fingerprint density at radius 1 is 1.00 bits per heavy atom. The van der Waals surface area contributed by atoms with E-state index in [1.165, 1.54) is 23.5 Å². The molecule has 1 aliphatic heterocycles. The molecule has 10 nitrogen and oxygen atoms in total. The molecule has 1 saturated heterocycles. The van der Waals surface area contributed by atoms with Gasteiger partial charge in [0.05, 0.1) is 11.5 Å². The number of hydrogen-bond acceptors (Lipinski definition) is 6. The maximum atomic E-state index is 13.2. The Morgan fingerprint density at radius 3 is 2.35 bits per heavy atom. The fourth-order valence-electron chi connectivity index (χ4n) is 4.43. The van der Waals surface area contributed by atoms with Gasteiger partial charge < -0.3 is 25.5 Å². The molecule has 0 bridgehead atoms. The van der Waals surface area contributed by atoms with Crippen LogP contribution >= 0.6 is 0 Å². The number of nitro benzene ring substituents is 1. The van der Waals surface area contributed by atoms with Gasteiger partial charge in [0.15, 0.2) is 0 Å². The van der Waals surface area contributed by atoms with Crippen LogP contribution in [-0.4, -0.2) is 83.7 Å². The zero-order chi connectivity index (χ0) is 26.5. The zero-order valence-electron chi connectivity index (χ0n) is 21.2. The molecule has 1 aliphatic rings. The van der Waals surface area contributed by atoms with Crippen molar-refractivity contribution in [1.82, 2.24) is 20.4 Å². The van der Waals surface area contributed by atoms with Gasteiger partial charge in [-0.25, -0.2) is 4.79 Å². The van der Waals surface area contributed by atoms with Gasteiger partial charge in [-0.3, -0.25) is 14.9 Å². The first-order valence-corrected chi connectivity index (χ1v) is 12.9. The van der Waals surface area contributed by atoms with Gasteiger partial charge in [0.1, 0.15) is 6.04 Å². The standard InChI is InChI=1S/C27H37N5O5/c33-20-19-31(17-13-22-7-3-1-4-8-22)27(35)29-25(21-23-9-11-24(12-10-23)32(36)37)26(34)28-14-18-30-15-5-2-6-16-30/h1,3-4,7-12,25,33H,2,5-6,13-21H2,(H,28,34)(H,29,35)/t25-/m0/s1. The zero-order valence-corrected chi connectivity index (χ0v) is 21.2. The van der Waals surface area contributed by atoms with E-state index in [-0.39, 0.29) is 31.2 Å². The summed E-state index contributed by atoms with van der Waals surface area (Å²) in [7, 11) is 0. The van der Waals surface area contributed by atoms with Crippen LogP contribution in [0.25, 0.3) is 0 Å². The molecule has 2 aromatic rings. The lowest BCUT2D eigenvalue weighted by Crippen LogP contribution is -2.53. The van der Waals surface area contributed by atoms with Crippen molar-refractivity contribution in [2.24, 2.45) is 0 Å². The lowest BCUT2D eigenvalue weighted by molar-refractivity contribution is -0.384. The number of hydrogen-bond donors (Lipinski definition) is 3. The predicted molar refractivity (Wildman–Crippen MR) is 141 cm³/mol. The molecule has 0 saturated carbocycles. The summed E-state index contributed by atoms with van der Waals surface area (Å²) in [5.74, 6) is -0.310. The van der Waals surface area contributed by atoms with E-state index in [1.54, 1.807) is 12.1 Å². The van der Waals surface area contributed by atoms with Crippen LogP contribution in [0.5, 0.6) is 0 Å². The highest BCUT2D eigenvalue weighted by Crippen LogP contribution is 2.14. The van der Waals surface area contributed by atoms with Gasteiger partial charge in [-0.1, -0.05) is 48.9 Å². The number of carbonyl (C=O) groups is 2. The Hall–Kier alpha value is -3.50. The number of nitrogens with one attached hydrogen (secondary N) is 2. The van der Waals surface area contributed by atoms with Gasteiger partial charge in [-0.05, 0) is 43.5 Å². The van der Waals surface area contributed by atoms with Crippen LogP contribution in [0, 0.1) is 10.1 Å². The number of amides is 3. The molecule has 1 fully saturated rings. The topological polar surface area (TPSA) is 128 Å². The Balaban J connectivity index is 1.65. The van der Waals surface area contributed by atoms with Crippen molar-refractivity contribution in [3.8, 4) is 0 Å². The Kier molecular flexibility index (Phi) is 11.3. The number of piperidine rings is 1. The molecular formula is C27H37N5O5. The van der Waals surface area contributed by atoms with Gasteiger partial charge in [0, 0.05) is 44.7 Å². The van der Waals surface area contributed by atoms with Crippen molar-refractivity contribution in [2.45, 2.75) is 38.1 Å². The molecule has 200 valence electrons. The van der Waals surface area contributed by atoms with Crippen LogP contribution in [0.4, 0.5) is 10.5 Å². The second-order valence-electron chi connectivity index (χ2n) is 9.27. The summed E-state index contributed by atoms with van der Waals surface area (Å²) >= 11 is 0. The van der Waals surface area contributed by atoms with Crippen LogP contribution in [0.3, 0.4) is 0 Å². The van der Waals surface area contributed by atoms with Crippen LogP contribution < -0.4 is 10.6 Å². The van der Waals surface area contributed by atoms with Crippen LogP contribution in [0.1, 0.15) is 30.4 Å². The van der Waals surface area contributed by atoms with E-state index >= 15 is 0 Å². The van der Waals surface area contributed by atoms with E-state index in [0.717, 1.165) is 38.0 Å². The number of carbonyl (C=O) groups excluding carboxylic acids is 2. The molecule has 0 aromatic heterocycles. The molecule has 0 unspecified atom stereocenters. The normalized spacial score (nSPS) is 14.5. The largest absolute Gasteiger partial charge is 0.395 e. The SMILES string of the molecule is O=C(NCCN1CCCCC1)[C@H](Cc1ccc([N+](=O)[O-])cc1)NC(=O)N(CCO)CCc1ccccc1.